The molecule has 8 nitrogen and oxygen atoms in total. The molecule has 1 aromatic carbocycles. The van der Waals surface area contributed by atoms with Gasteiger partial charge >= 0.3 is 0 Å². The van der Waals surface area contributed by atoms with E-state index in [0.29, 0.717) is 46.7 Å². The molecule has 0 spiro atoms. The second-order valence-corrected chi connectivity index (χ2v) is 6.95. The van der Waals surface area contributed by atoms with E-state index in [9.17, 15) is 9.59 Å². The highest BCUT2D eigenvalue weighted by atomic mass is 16.5. The molecule has 28 heavy (non-hydrogen) atoms. The maximum atomic E-state index is 12.8. The molecule has 1 aromatic heterocycles. The predicted octanol–water partition coefficient (Wildman–Crippen LogP) is 2.52. The van der Waals surface area contributed by atoms with Gasteiger partial charge in [0.15, 0.2) is 0 Å². The van der Waals surface area contributed by atoms with Gasteiger partial charge < -0.3 is 25.0 Å². The number of carbonyl (C=O) groups excluding carboxylic acids is 2. The molecule has 1 fully saturated rings. The minimum absolute atomic E-state index is 0.00343. The molecule has 146 valence electrons. The van der Waals surface area contributed by atoms with Crippen LogP contribution < -0.4 is 25.0 Å². The van der Waals surface area contributed by atoms with Gasteiger partial charge in [-0.25, -0.2) is 4.98 Å². The Morgan fingerprint density at radius 1 is 1.21 bits per heavy atom. The number of anilines is 3. The Hall–Kier alpha value is -3.29. The molecular weight excluding hydrogens is 360 g/mol. The van der Waals surface area contributed by atoms with E-state index in [1.54, 1.807) is 43.4 Å². The SMILES string of the molecule is COc1cc(NC(=O)c2cnc3c(c2)N(CC2CC2)C(=O)CN3)cc(OC)c1. The molecule has 2 N–H and O–H groups in total. The second kappa shape index (κ2) is 7.38. The number of pyridine rings is 1. The molecular formula is C20H22N4O4. The number of rotatable bonds is 6. The lowest BCUT2D eigenvalue weighted by atomic mass is 10.1. The summed E-state index contributed by atoms with van der Waals surface area (Å²) in [4.78, 5) is 31.2. The number of hydrogen-bond donors (Lipinski definition) is 2. The van der Waals surface area contributed by atoms with Gasteiger partial charge in [0.1, 0.15) is 17.3 Å². The third-order valence-electron chi connectivity index (χ3n) is 4.88. The largest absolute Gasteiger partial charge is 0.497 e. The summed E-state index contributed by atoms with van der Waals surface area (Å²) >= 11 is 0. The Labute approximate surface area is 162 Å². The van der Waals surface area contributed by atoms with Gasteiger partial charge in [0.25, 0.3) is 5.91 Å². The Balaban J connectivity index is 1.58. The van der Waals surface area contributed by atoms with Gasteiger partial charge in [0.2, 0.25) is 5.91 Å². The van der Waals surface area contributed by atoms with Gasteiger partial charge in [-0.2, -0.15) is 0 Å². The second-order valence-electron chi connectivity index (χ2n) is 6.95. The monoisotopic (exact) mass is 382 g/mol. The summed E-state index contributed by atoms with van der Waals surface area (Å²) < 4.78 is 10.5. The van der Waals surface area contributed by atoms with E-state index in [4.69, 9.17) is 9.47 Å². The van der Waals surface area contributed by atoms with Crippen LogP contribution in [-0.2, 0) is 4.79 Å². The van der Waals surface area contributed by atoms with E-state index in [2.05, 4.69) is 15.6 Å². The van der Waals surface area contributed by atoms with Crippen molar-refractivity contribution in [2.24, 2.45) is 5.92 Å². The van der Waals surface area contributed by atoms with Crippen molar-refractivity contribution in [1.29, 1.82) is 0 Å². The van der Waals surface area contributed by atoms with Crippen molar-refractivity contribution in [2.45, 2.75) is 12.8 Å². The number of amides is 2. The van der Waals surface area contributed by atoms with Gasteiger partial charge in [-0.05, 0) is 24.8 Å². The highest BCUT2D eigenvalue weighted by Gasteiger charge is 2.32. The minimum Gasteiger partial charge on any atom is -0.497 e. The van der Waals surface area contributed by atoms with Crippen LogP contribution in [0.1, 0.15) is 23.2 Å². The van der Waals surface area contributed by atoms with Crippen LogP contribution in [0.4, 0.5) is 17.2 Å². The zero-order chi connectivity index (χ0) is 19.7. The molecule has 2 amide bonds. The summed E-state index contributed by atoms with van der Waals surface area (Å²) in [5.41, 5.74) is 1.57. The van der Waals surface area contributed by atoms with Crippen molar-refractivity contribution < 1.29 is 19.1 Å². The number of ether oxygens (including phenoxy) is 2. The average molecular weight is 382 g/mol. The molecule has 2 heterocycles. The zero-order valence-electron chi connectivity index (χ0n) is 15.8. The number of nitrogens with zero attached hydrogens (tertiary/aromatic N) is 2. The van der Waals surface area contributed by atoms with Crippen molar-refractivity contribution in [3.63, 3.8) is 0 Å². The summed E-state index contributed by atoms with van der Waals surface area (Å²) in [6, 6.07) is 6.85. The number of methoxy groups -OCH3 is 2. The maximum absolute atomic E-state index is 12.8. The third-order valence-corrected chi connectivity index (χ3v) is 4.88. The zero-order valence-corrected chi connectivity index (χ0v) is 15.8. The molecule has 4 rings (SSSR count). The first-order valence-electron chi connectivity index (χ1n) is 9.16. The summed E-state index contributed by atoms with van der Waals surface area (Å²) in [7, 11) is 3.10. The van der Waals surface area contributed by atoms with E-state index in [1.807, 2.05) is 0 Å². The third kappa shape index (κ3) is 3.71. The number of carbonyl (C=O) groups is 2. The lowest BCUT2D eigenvalue weighted by Crippen LogP contribution is -2.41. The van der Waals surface area contributed by atoms with Crippen LogP contribution in [0.15, 0.2) is 30.5 Å². The molecule has 1 aliphatic heterocycles. The summed E-state index contributed by atoms with van der Waals surface area (Å²) in [5.74, 6) is 1.98. The fourth-order valence-electron chi connectivity index (χ4n) is 3.15. The predicted molar refractivity (Wildman–Crippen MR) is 105 cm³/mol. The van der Waals surface area contributed by atoms with Crippen molar-refractivity contribution >= 4 is 29.0 Å². The molecule has 0 saturated heterocycles. The fourth-order valence-corrected chi connectivity index (χ4v) is 3.15. The summed E-state index contributed by atoms with van der Waals surface area (Å²) in [5, 5.41) is 5.85. The Bertz CT molecular complexity index is 904. The van der Waals surface area contributed by atoms with Gasteiger partial charge in [-0.1, -0.05) is 0 Å². The van der Waals surface area contributed by atoms with Gasteiger partial charge in [0, 0.05) is 36.6 Å². The lowest BCUT2D eigenvalue weighted by Gasteiger charge is -2.29. The van der Waals surface area contributed by atoms with Gasteiger partial charge in [-0.15, -0.1) is 0 Å². The van der Waals surface area contributed by atoms with Crippen LogP contribution in [0, 0.1) is 5.92 Å². The van der Waals surface area contributed by atoms with Crippen molar-refractivity contribution in [3.8, 4) is 11.5 Å². The van der Waals surface area contributed by atoms with Gasteiger partial charge in [0.05, 0.1) is 32.0 Å². The summed E-state index contributed by atoms with van der Waals surface area (Å²) in [6.45, 7) is 0.898. The number of benzene rings is 1. The first-order chi connectivity index (χ1) is 13.6. The number of hydrogen-bond acceptors (Lipinski definition) is 6. The Morgan fingerprint density at radius 3 is 2.57 bits per heavy atom. The molecule has 0 radical (unpaired) electrons. The van der Waals surface area contributed by atoms with E-state index >= 15 is 0 Å². The van der Waals surface area contributed by atoms with Crippen LogP contribution in [0.3, 0.4) is 0 Å². The van der Waals surface area contributed by atoms with Crippen LogP contribution in [0.25, 0.3) is 0 Å². The smallest absolute Gasteiger partial charge is 0.257 e. The van der Waals surface area contributed by atoms with E-state index in [-0.39, 0.29) is 18.4 Å². The van der Waals surface area contributed by atoms with E-state index in [0.717, 1.165) is 12.8 Å². The molecule has 0 unspecified atom stereocenters. The Kier molecular flexibility index (Phi) is 4.77. The van der Waals surface area contributed by atoms with Crippen molar-refractivity contribution in [3.05, 3.63) is 36.0 Å². The topological polar surface area (TPSA) is 92.8 Å². The lowest BCUT2D eigenvalue weighted by molar-refractivity contribution is -0.117. The first kappa shape index (κ1) is 18.1. The molecule has 0 atom stereocenters. The van der Waals surface area contributed by atoms with E-state index in [1.165, 1.54) is 6.20 Å². The highest BCUT2D eigenvalue weighted by Crippen LogP contribution is 2.35. The van der Waals surface area contributed by atoms with Crippen molar-refractivity contribution in [1.82, 2.24) is 4.98 Å². The normalized spacial score (nSPS) is 15.5. The van der Waals surface area contributed by atoms with E-state index < -0.39 is 0 Å². The first-order valence-corrected chi connectivity index (χ1v) is 9.16. The van der Waals surface area contributed by atoms with Crippen LogP contribution in [-0.4, -0.2) is 44.1 Å². The van der Waals surface area contributed by atoms with Crippen LogP contribution in [0.5, 0.6) is 11.5 Å². The molecule has 2 aromatic rings. The molecule has 0 bridgehead atoms. The quantitative estimate of drug-likeness (QED) is 0.798. The Morgan fingerprint density at radius 2 is 1.93 bits per heavy atom. The number of fused-ring (bicyclic) bond motifs is 1. The highest BCUT2D eigenvalue weighted by molar-refractivity contribution is 6.07. The van der Waals surface area contributed by atoms with Crippen molar-refractivity contribution in [2.75, 3.05) is 42.8 Å². The van der Waals surface area contributed by atoms with Crippen LogP contribution >= 0.6 is 0 Å². The number of aromatic nitrogens is 1. The van der Waals surface area contributed by atoms with Crippen LogP contribution in [0.2, 0.25) is 0 Å². The standard InChI is InChI=1S/C20H22N4O4/c1-27-15-6-14(7-16(8-15)28-2)23-20(26)13-5-17-19(21-9-13)22-10-18(25)24(17)11-12-3-4-12/h5-9,12H,3-4,10-11H2,1-2H3,(H,21,22)(H,23,26). The molecule has 8 heteroatoms. The molecule has 2 aliphatic rings. The summed E-state index contributed by atoms with van der Waals surface area (Å²) in [6.07, 6.45) is 3.78. The fraction of sp³-hybridized carbons (Fsp3) is 0.350. The minimum atomic E-state index is -0.324. The average Bonchev–Trinajstić information content (AvgIpc) is 3.53. The number of nitrogens with one attached hydrogen (secondary N) is 2. The van der Waals surface area contributed by atoms with Gasteiger partial charge in [-0.3, -0.25) is 9.59 Å². The maximum Gasteiger partial charge on any atom is 0.257 e. The molecule has 1 saturated carbocycles. The molecule has 1 aliphatic carbocycles.